The van der Waals surface area contributed by atoms with Crippen LogP contribution in [0.5, 0.6) is 5.75 Å². The van der Waals surface area contributed by atoms with E-state index in [2.05, 4.69) is 9.97 Å². The van der Waals surface area contributed by atoms with E-state index in [9.17, 15) is 9.50 Å². The number of aromatic hydroxyl groups is 1. The third-order valence-electron chi connectivity index (χ3n) is 4.85. The minimum absolute atomic E-state index is 0.103. The number of nitrogens with zero attached hydrogens (tertiary/aromatic N) is 3. The number of imidazole rings is 1. The molecule has 5 aromatic rings. The zero-order chi connectivity index (χ0) is 19.8. The van der Waals surface area contributed by atoms with Crippen LogP contribution in [0.4, 0.5) is 4.39 Å². The lowest BCUT2D eigenvalue weighted by Crippen LogP contribution is -1.91. The monoisotopic (exact) mass is 381 g/mol. The van der Waals surface area contributed by atoms with Crippen LogP contribution in [0.1, 0.15) is 0 Å². The van der Waals surface area contributed by atoms with Crippen LogP contribution in [0, 0.1) is 5.82 Å². The average Bonchev–Trinajstić information content (AvgIpc) is 3.17. The standard InChI is InChI=1S/C24H16FN3O/c25-20-10-19(11-21(29)14-20)17-7-9-28-23(15-27-24(28)13-17)18-6-8-26-22(12-18)16-4-2-1-3-5-16/h1-15,29H. The van der Waals surface area contributed by atoms with E-state index in [1.807, 2.05) is 71.4 Å². The molecule has 3 aromatic heterocycles. The van der Waals surface area contributed by atoms with Crippen molar-refractivity contribution in [2.75, 3.05) is 0 Å². The number of phenolic OH excluding ortho intramolecular Hbond substituents is 1. The molecule has 0 aliphatic rings. The van der Waals surface area contributed by atoms with E-state index in [0.717, 1.165) is 39.8 Å². The highest BCUT2D eigenvalue weighted by atomic mass is 19.1. The van der Waals surface area contributed by atoms with Crippen molar-refractivity contribution in [1.29, 1.82) is 0 Å². The summed E-state index contributed by atoms with van der Waals surface area (Å²) in [7, 11) is 0. The first kappa shape index (κ1) is 17.1. The highest BCUT2D eigenvalue weighted by Gasteiger charge is 2.10. The van der Waals surface area contributed by atoms with Gasteiger partial charge in [-0.3, -0.25) is 9.38 Å². The van der Waals surface area contributed by atoms with Crippen molar-refractivity contribution in [3.05, 3.63) is 97.2 Å². The van der Waals surface area contributed by atoms with Gasteiger partial charge in [-0.15, -0.1) is 0 Å². The number of fused-ring (bicyclic) bond motifs is 1. The molecule has 0 unspecified atom stereocenters. The van der Waals surface area contributed by atoms with Crippen LogP contribution >= 0.6 is 0 Å². The number of aromatic nitrogens is 3. The van der Waals surface area contributed by atoms with Crippen LogP contribution in [0.15, 0.2) is 91.4 Å². The van der Waals surface area contributed by atoms with Crippen molar-refractivity contribution in [2.24, 2.45) is 0 Å². The Morgan fingerprint density at radius 2 is 1.62 bits per heavy atom. The lowest BCUT2D eigenvalue weighted by molar-refractivity contribution is 0.469. The Morgan fingerprint density at radius 3 is 2.45 bits per heavy atom. The third kappa shape index (κ3) is 3.23. The largest absolute Gasteiger partial charge is 0.508 e. The van der Waals surface area contributed by atoms with Crippen LogP contribution in [0.3, 0.4) is 0 Å². The van der Waals surface area contributed by atoms with E-state index >= 15 is 0 Å². The van der Waals surface area contributed by atoms with Crippen molar-refractivity contribution in [2.45, 2.75) is 0 Å². The molecule has 0 atom stereocenters. The smallest absolute Gasteiger partial charge is 0.137 e. The fourth-order valence-electron chi connectivity index (χ4n) is 3.47. The first-order chi connectivity index (χ1) is 14.2. The van der Waals surface area contributed by atoms with E-state index < -0.39 is 5.82 Å². The molecule has 2 aromatic carbocycles. The maximum absolute atomic E-state index is 13.6. The van der Waals surface area contributed by atoms with Crippen molar-refractivity contribution in [1.82, 2.24) is 14.4 Å². The van der Waals surface area contributed by atoms with Gasteiger partial charge in [0.1, 0.15) is 17.2 Å². The summed E-state index contributed by atoms with van der Waals surface area (Å²) in [6, 6.07) is 21.8. The molecule has 1 N–H and O–H groups in total. The van der Waals surface area contributed by atoms with Crippen molar-refractivity contribution >= 4 is 5.65 Å². The van der Waals surface area contributed by atoms with Gasteiger partial charge in [-0.05, 0) is 47.5 Å². The Morgan fingerprint density at radius 1 is 0.759 bits per heavy atom. The summed E-state index contributed by atoms with van der Waals surface area (Å²) in [6.07, 6.45) is 5.50. The molecule has 3 heterocycles. The van der Waals surface area contributed by atoms with Gasteiger partial charge in [0.05, 0.1) is 17.6 Å². The van der Waals surface area contributed by atoms with Crippen LogP contribution < -0.4 is 0 Å². The lowest BCUT2D eigenvalue weighted by Gasteiger charge is -2.07. The summed E-state index contributed by atoms with van der Waals surface area (Å²) in [6.45, 7) is 0. The van der Waals surface area contributed by atoms with Gasteiger partial charge in [-0.25, -0.2) is 9.37 Å². The number of halogens is 1. The number of hydrogen-bond acceptors (Lipinski definition) is 3. The van der Waals surface area contributed by atoms with Gasteiger partial charge in [0.15, 0.2) is 0 Å². The molecule has 0 spiro atoms. The molecule has 0 bridgehead atoms. The molecule has 0 aliphatic carbocycles. The first-order valence-electron chi connectivity index (χ1n) is 9.16. The minimum atomic E-state index is -0.478. The van der Waals surface area contributed by atoms with Gasteiger partial charge in [0.25, 0.3) is 0 Å². The second-order valence-corrected chi connectivity index (χ2v) is 6.78. The van der Waals surface area contributed by atoms with Crippen molar-refractivity contribution in [3.63, 3.8) is 0 Å². The molecule has 0 saturated carbocycles. The normalized spacial score (nSPS) is 11.1. The Balaban J connectivity index is 1.57. The molecular weight excluding hydrogens is 365 g/mol. The van der Waals surface area contributed by atoms with Crippen LogP contribution in [-0.2, 0) is 0 Å². The summed E-state index contributed by atoms with van der Waals surface area (Å²) in [5.41, 5.74) is 6.00. The van der Waals surface area contributed by atoms with Gasteiger partial charge in [-0.1, -0.05) is 30.3 Å². The number of benzene rings is 2. The molecular formula is C24H16FN3O. The Labute approximate surface area is 166 Å². The van der Waals surface area contributed by atoms with Gasteiger partial charge < -0.3 is 5.11 Å². The second-order valence-electron chi connectivity index (χ2n) is 6.78. The van der Waals surface area contributed by atoms with E-state index in [-0.39, 0.29) is 5.75 Å². The molecule has 0 radical (unpaired) electrons. The van der Waals surface area contributed by atoms with Gasteiger partial charge in [-0.2, -0.15) is 0 Å². The first-order valence-corrected chi connectivity index (χ1v) is 9.16. The molecule has 140 valence electrons. The molecule has 0 fully saturated rings. The van der Waals surface area contributed by atoms with E-state index in [1.54, 1.807) is 6.20 Å². The van der Waals surface area contributed by atoms with Crippen LogP contribution in [-0.4, -0.2) is 19.5 Å². The van der Waals surface area contributed by atoms with Crippen molar-refractivity contribution < 1.29 is 9.50 Å². The number of phenols is 1. The highest BCUT2D eigenvalue weighted by Crippen LogP contribution is 2.29. The van der Waals surface area contributed by atoms with Gasteiger partial charge >= 0.3 is 0 Å². The van der Waals surface area contributed by atoms with Crippen molar-refractivity contribution in [3.8, 4) is 39.4 Å². The summed E-state index contributed by atoms with van der Waals surface area (Å²) in [5.74, 6) is -0.580. The Bertz CT molecular complexity index is 1310. The second kappa shape index (κ2) is 6.87. The number of rotatable bonds is 3. The number of pyridine rings is 2. The summed E-state index contributed by atoms with van der Waals surface area (Å²) in [4.78, 5) is 9.00. The fraction of sp³-hybridized carbons (Fsp3) is 0. The summed E-state index contributed by atoms with van der Waals surface area (Å²) >= 11 is 0. The highest BCUT2D eigenvalue weighted by molar-refractivity contribution is 5.73. The van der Waals surface area contributed by atoms with E-state index in [0.29, 0.717) is 5.56 Å². The predicted molar refractivity (Wildman–Crippen MR) is 111 cm³/mol. The number of hydrogen-bond donors (Lipinski definition) is 1. The molecule has 4 nitrogen and oxygen atoms in total. The predicted octanol–water partition coefficient (Wildman–Crippen LogP) is 5.58. The molecule has 29 heavy (non-hydrogen) atoms. The maximum Gasteiger partial charge on any atom is 0.137 e. The Hall–Kier alpha value is -3.99. The van der Waals surface area contributed by atoms with Crippen LogP contribution in [0.2, 0.25) is 0 Å². The van der Waals surface area contributed by atoms with Gasteiger partial charge in [0.2, 0.25) is 0 Å². The molecule has 0 amide bonds. The summed E-state index contributed by atoms with van der Waals surface area (Å²) < 4.78 is 15.6. The van der Waals surface area contributed by atoms with Gasteiger partial charge in [0, 0.05) is 29.6 Å². The van der Waals surface area contributed by atoms with E-state index in [4.69, 9.17) is 0 Å². The maximum atomic E-state index is 13.6. The lowest BCUT2D eigenvalue weighted by atomic mass is 10.1. The third-order valence-corrected chi connectivity index (χ3v) is 4.85. The van der Waals surface area contributed by atoms with Crippen LogP contribution in [0.25, 0.3) is 39.3 Å². The molecule has 5 heteroatoms. The fourth-order valence-corrected chi connectivity index (χ4v) is 3.47. The zero-order valence-corrected chi connectivity index (χ0v) is 15.3. The Kier molecular flexibility index (Phi) is 4.06. The minimum Gasteiger partial charge on any atom is -0.508 e. The molecule has 0 aliphatic heterocycles. The summed E-state index contributed by atoms with van der Waals surface area (Å²) in [5, 5.41) is 9.67. The topological polar surface area (TPSA) is 50.4 Å². The molecule has 5 rings (SSSR count). The average molecular weight is 381 g/mol. The quantitative estimate of drug-likeness (QED) is 0.444. The van der Waals surface area contributed by atoms with E-state index in [1.165, 1.54) is 12.1 Å². The SMILES string of the molecule is Oc1cc(F)cc(-c2ccn3c(-c4ccnc(-c5ccccc5)c4)cnc3c2)c1. The zero-order valence-electron chi connectivity index (χ0n) is 15.3. The molecule has 0 saturated heterocycles.